The van der Waals surface area contributed by atoms with Crippen molar-refractivity contribution < 1.29 is 4.74 Å². The smallest absolute Gasteiger partial charge is 0.274 e. The number of rotatable bonds is 3. The number of aromatic nitrogens is 2. The fourth-order valence-electron chi connectivity index (χ4n) is 1.52. The van der Waals surface area contributed by atoms with Crippen molar-refractivity contribution >= 4 is 0 Å². The molecule has 0 unspecified atom stereocenters. The minimum atomic E-state index is -0.190. The van der Waals surface area contributed by atoms with E-state index in [1.165, 1.54) is 6.20 Å². The fourth-order valence-corrected chi connectivity index (χ4v) is 1.52. The van der Waals surface area contributed by atoms with Crippen molar-refractivity contribution in [3.05, 3.63) is 47.0 Å². The Hall–Kier alpha value is -2.10. The lowest BCUT2D eigenvalue weighted by atomic mass is 10.1. The maximum Gasteiger partial charge on any atom is 0.274 e. The Labute approximate surface area is 99.3 Å². The Bertz CT molecular complexity index is 544. The second-order valence-corrected chi connectivity index (χ2v) is 3.96. The van der Waals surface area contributed by atoms with Crippen LogP contribution in [0.3, 0.4) is 0 Å². The summed E-state index contributed by atoms with van der Waals surface area (Å²) < 4.78 is 5.53. The summed E-state index contributed by atoms with van der Waals surface area (Å²) in [7, 11) is 0. The minimum absolute atomic E-state index is 0.138. The molecule has 1 aromatic carbocycles. The van der Waals surface area contributed by atoms with Crippen LogP contribution in [0.2, 0.25) is 0 Å². The Morgan fingerprint density at radius 1 is 1.24 bits per heavy atom. The predicted molar refractivity (Wildman–Crippen MR) is 66.1 cm³/mol. The van der Waals surface area contributed by atoms with Gasteiger partial charge in [-0.05, 0) is 38.1 Å². The molecular weight excluding hydrogens is 216 g/mol. The Morgan fingerprint density at radius 2 is 1.94 bits per heavy atom. The Morgan fingerprint density at radius 3 is 2.53 bits per heavy atom. The first-order valence-corrected chi connectivity index (χ1v) is 5.47. The minimum Gasteiger partial charge on any atom is -0.491 e. The highest BCUT2D eigenvalue weighted by molar-refractivity contribution is 5.58. The topological polar surface area (TPSA) is 55.0 Å². The molecular formula is C13H14N2O2. The predicted octanol–water partition coefficient (Wildman–Crippen LogP) is 2.22. The van der Waals surface area contributed by atoms with Crippen LogP contribution in [0.5, 0.6) is 5.75 Å². The van der Waals surface area contributed by atoms with Crippen LogP contribution in [0.1, 0.15) is 13.8 Å². The van der Waals surface area contributed by atoms with Crippen molar-refractivity contribution in [2.24, 2.45) is 0 Å². The van der Waals surface area contributed by atoms with Gasteiger partial charge in [0, 0.05) is 18.0 Å². The summed E-state index contributed by atoms with van der Waals surface area (Å²) in [6.45, 7) is 3.94. The molecule has 1 N–H and O–H groups in total. The van der Waals surface area contributed by atoms with Gasteiger partial charge in [0.1, 0.15) is 11.4 Å². The average Bonchev–Trinajstić information content (AvgIpc) is 2.30. The molecule has 0 saturated carbocycles. The Balaban J connectivity index is 2.30. The lowest BCUT2D eigenvalue weighted by molar-refractivity contribution is 0.242. The zero-order chi connectivity index (χ0) is 12.3. The van der Waals surface area contributed by atoms with E-state index in [9.17, 15) is 4.79 Å². The maximum atomic E-state index is 11.5. The van der Waals surface area contributed by atoms with Gasteiger partial charge in [0.15, 0.2) is 0 Å². The van der Waals surface area contributed by atoms with E-state index in [1.54, 1.807) is 6.20 Å². The van der Waals surface area contributed by atoms with Gasteiger partial charge in [-0.25, -0.2) is 4.98 Å². The molecule has 0 aliphatic heterocycles. The first kappa shape index (κ1) is 11.4. The van der Waals surface area contributed by atoms with Crippen molar-refractivity contribution in [1.82, 2.24) is 9.97 Å². The number of hydrogen-bond donors (Lipinski definition) is 1. The Kier molecular flexibility index (Phi) is 3.23. The largest absolute Gasteiger partial charge is 0.491 e. The molecule has 0 atom stereocenters. The quantitative estimate of drug-likeness (QED) is 0.879. The van der Waals surface area contributed by atoms with Gasteiger partial charge in [-0.15, -0.1) is 0 Å². The number of nitrogens with one attached hydrogen (secondary N) is 1. The maximum absolute atomic E-state index is 11.5. The van der Waals surface area contributed by atoms with Crippen LogP contribution in [-0.4, -0.2) is 16.1 Å². The van der Waals surface area contributed by atoms with E-state index < -0.39 is 0 Å². The summed E-state index contributed by atoms with van der Waals surface area (Å²) in [6, 6.07) is 7.33. The molecule has 1 heterocycles. The molecule has 88 valence electrons. The first-order valence-electron chi connectivity index (χ1n) is 5.47. The van der Waals surface area contributed by atoms with E-state index in [-0.39, 0.29) is 11.7 Å². The normalized spacial score (nSPS) is 10.5. The monoisotopic (exact) mass is 230 g/mol. The van der Waals surface area contributed by atoms with Gasteiger partial charge in [-0.1, -0.05) is 0 Å². The van der Waals surface area contributed by atoms with Crippen LogP contribution < -0.4 is 10.3 Å². The van der Waals surface area contributed by atoms with Crippen LogP contribution in [0, 0.1) is 0 Å². The van der Waals surface area contributed by atoms with Gasteiger partial charge in [-0.2, -0.15) is 0 Å². The van der Waals surface area contributed by atoms with Crippen LogP contribution in [0.15, 0.2) is 41.5 Å². The van der Waals surface area contributed by atoms with Crippen LogP contribution in [0.4, 0.5) is 0 Å². The standard InChI is InChI=1S/C13H14N2O2/c1-9(2)17-11-5-3-10(4-6-11)12-13(16)15-8-7-14-12/h3-9H,1-2H3,(H,15,16). The molecule has 0 saturated heterocycles. The second-order valence-electron chi connectivity index (χ2n) is 3.96. The summed E-state index contributed by atoms with van der Waals surface area (Å²) in [6.07, 6.45) is 3.22. The SMILES string of the molecule is CC(C)Oc1ccc(-c2ncc[nH]c2=O)cc1. The van der Waals surface area contributed by atoms with Gasteiger partial charge in [0.2, 0.25) is 0 Å². The highest BCUT2D eigenvalue weighted by Crippen LogP contribution is 2.18. The van der Waals surface area contributed by atoms with Crippen molar-refractivity contribution in [3.63, 3.8) is 0 Å². The zero-order valence-corrected chi connectivity index (χ0v) is 9.81. The zero-order valence-electron chi connectivity index (χ0n) is 9.81. The summed E-state index contributed by atoms with van der Waals surface area (Å²) in [5.41, 5.74) is 1.01. The number of H-pyrrole nitrogens is 1. The average molecular weight is 230 g/mol. The molecule has 17 heavy (non-hydrogen) atoms. The molecule has 1 aromatic heterocycles. The summed E-state index contributed by atoms with van der Waals surface area (Å²) in [5.74, 6) is 0.788. The van der Waals surface area contributed by atoms with E-state index in [0.717, 1.165) is 11.3 Å². The molecule has 2 rings (SSSR count). The number of nitrogens with zero attached hydrogens (tertiary/aromatic N) is 1. The molecule has 0 bridgehead atoms. The van der Waals surface area contributed by atoms with Gasteiger partial charge in [-0.3, -0.25) is 4.79 Å². The van der Waals surface area contributed by atoms with Gasteiger partial charge < -0.3 is 9.72 Å². The number of ether oxygens (including phenoxy) is 1. The summed E-state index contributed by atoms with van der Waals surface area (Å²) >= 11 is 0. The molecule has 0 aliphatic carbocycles. The lowest BCUT2D eigenvalue weighted by Gasteiger charge is -2.09. The van der Waals surface area contributed by atoms with Gasteiger partial charge in [0.05, 0.1) is 6.10 Å². The van der Waals surface area contributed by atoms with E-state index in [0.29, 0.717) is 5.69 Å². The van der Waals surface area contributed by atoms with E-state index in [2.05, 4.69) is 9.97 Å². The molecule has 0 spiro atoms. The molecule has 0 fully saturated rings. The molecule has 4 heteroatoms. The molecule has 2 aromatic rings. The van der Waals surface area contributed by atoms with Crippen molar-refractivity contribution in [3.8, 4) is 17.0 Å². The van der Waals surface area contributed by atoms with E-state index in [4.69, 9.17) is 4.74 Å². The number of hydrogen-bond acceptors (Lipinski definition) is 3. The highest BCUT2D eigenvalue weighted by Gasteiger charge is 2.04. The van der Waals surface area contributed by atoms with Crippen molar-refractivity contribution in [1.29, 1.82) is 0 Å². The highest BCUT2D eigenvalue weighted by atomic mass is 16.5. The summed E-state index contributed by atoms with van der Waals surface area (Å²) in [5, 5.41) is 0. The van der Waals surface area contributed by atoms with Crippen LogP contribution in [0.25, 0.3) is 11.3 Å². The second kappa shape index (κ2) is 4.82. The van der Waals surface area contributed by atoms with Crippen molar-refractivity contribution in [2.45, 2.75) is 20.0 Å². The fraction of sp³-hybridized carbons (Fsp3) is 0.231. The third-order valence-corrected chi connectivity index (χ3v) is 2.21. The molecule has 0 aliphatic rings. The number of aromatic amines is 1. The first-order chi connectivity index (χ1) is 8.16. The third-order valence-electron chi connectivity index (χ3n) is 2.21. The molecule has 0 radical (unpaired) electrons. The van der Waals surface area contributed by atoms with Crippen LogP contribution in [-0.2, 0) is 0 Å². The number of benzene rings is 1. The van der Waals surface area contributed by atoms with Crippen molar-refractivity contribution in [2.75, 3.05) is 0 Å². The lowest BCUT2D eigenvalue weighted by Crippen LogP contribution is -2.09. The van der Waals surface area contributed by atoms with E-state index >= 15 is 0 Å². The molecule has 4 nitrogen and oxygen atoms in total. The summed E-state index contributed by atoms with van der Waals surface area (Å²) in [4.78, 5) is 18.2. The third kappa shape index (κ3) is 2.72. The van der Waals surface area contributed by atoms with Gasteiger partial charge in [0.25, 0.3) is 5.56 Å². The molecule has 0 amide bonds. The van der Waals surface area contributed by atoms with E-state index in [1.807, 2.05) is 38.1 Å². The van der Waals surface area contributed by atoms with Crippen LogP contribution >= 0.6 is 0 Å². The van der Waals surface area contributed by atoms with Gasteiger partial charge >= 0.3 is 0 Å².